The lowest BCUT2D eigenvalue weighted by Crippen LogP contribution is -2.40. The third-order valence-corrected chi connectivity index (χ3v) is 6.23. The van der Waals surface area contributed by atoms with Gasteiger partial charge < -0.3 is 24.2 Å². The van der Waals surface area contributed by atoms with E-state index >= 15 is 0 Å². The van der Waals surface area contributed by atoms with Gasteiger partial charge in [-0.05, 0) is 88.3 Å². The van der Waals surface area contributed by atoms with Gasteiger partial charge in [0.2, 0.25) is 0 Å². The Morgan fingerprint density at radius 1 is 0.938 bits per heavy atom. The van der Waals surface area contributed by atoms with Crippen molar-refractivity contribution < 1.29 is 9.47 Å². The molecule has 1 heterocycles. The van der Waals surface area contributed by atoms with Gasteiger partial charge >= 0.3 is 0 Å². The summed E-state index contributed by atoms with van der Waals surface area (Å²) in [5.41, 5.74) is 2.74. The summed E-state index contributed by atoms with van der Waals surface area (Å²) in [6.07, 6.45) is 3.75. The number of methoxy groups -OCH3 is 1. The number of hydrogen-bond donors (Lipinski definition) is 0. The third-order valence-electron chi connectivity index (χ3n) is 6.23. The molecule has 1 aliphatic heterocycles. The van der Waals surface area contributed by atoms with Gasteiger partial charge in [0.05, 0.1) is 7.11 Å². The van der Waals surface area contributed by atoms with Crippen molar-refractivity contribution >= 4 is 0 Å². The number of nitrogens with zero attached hydrogens (tertiary/aromatic N) is 3. The summed E-state index contributed by atoms with van der Waals surface area (Å²) in [6.45, 7) is 7.37. The molecule has 5 heteroatoms. The normalized spacial score (nSPS) is 17.1. The smallest absolute Gasteiger partial charge is 0.119 e. The monoisotopic (exact) mass is 439 g/mol. The molecule has 176 valence electrons. The molecule has 0 saturated carbocycles. The van der Waals surface area contributed by atoms with Crippen molar-refractivity contribution in [1.29, 1.82) is 0 Å². The molecule has 1 aliphatic rings. The topological polar surface area (TPSA) is 28.2 Å². The highest BCUT2D eigenvalue weighted by molar-refractivity contribution is 5.28. The van der Waals surface area contributed by atoms with Crippen LogP contribution in [0.3, 0.4) is 0 Å². The Bertz CT molecular complexity index is 776. The first-order chi connectivity index (χ1) is 15.5. The van der Waals surface area contributed by atoms with Crippen LogP contribution in [0.25, 0.3) is 0 Å². The van der Waals surface area contributed by atoms with Crippen LogP contribution in [0, 0.1) is 5.92 Å². The van der Waals surface area contributed by atoms with Gasteiger partial charge in [0.15, 0.2) is 0 Å². The molecule has 1 atom stereocenters. The Labute approximate surface area is 194 Å². The summed E-state index contributed by atoms with van der Waals surface area (Å²) < 4.78 is 11.1. The summed E-state index contributed by atoms with van der Waals surface area (Å²) in [7, 11) is 8.10. The first kappa shape index (κ1) is 24.6. The number of hydrogen-bond acceptors (Lipinski definition) is 5. The number of piperidine rings is 1. The Morgan fingerprint density at radius 2 is 1.62 bits per heavy atom. The predicted octanol–water partition coefficient (Wildman–Crippen LogP) is 4.02. The molecule has 1 unspecified atom stereocenters. The molecule has 0 aromatic heterocycles. The number of rotatable bonds is 12. The highest BCUT2D eigenvalue weighted by Gasteiger charge is 2.21. The lowest BCUT2D eigenvalue weighted by Gasteiger charge is -2.34. The van der Waals surface area contributed by atoms with E-state index in [2.05, 4.69) is 84.4 Å². The lowest BCUT2D eigenvalue weighted by molar-refractivity contribution is 0.142. The third kappa shape index (κ3) is 8.45. The molecule has 0 aliphatic carbocycles. The van der Waals surface area contributed by atoms with Crippen LogP contribution in [0.5, 0.6) is 11.5 Å². The van der Waals surface area contributed by atoms with Crippen molar-refractivity contribution in [2.24, 2.45) is 5.92 Å². The lowest BCUT2D eigenvalue weighted by atomic mass is 9.97. The van der Waals surface area contributed by atoms with E-state index < -0.39 is 0 Å². The van der Waals surface area contributed by atoms with Crippen LogP contribution >= 0.6 is 0 Å². The van der Waals surface area contributed by atoms with Crippen LogP contribution in [0.15, 0.2) is 48.5 Å². The van der Waals surface area contributed by atoms with E-state index in [1.165, 1.54) is 37.1 Å². The average Bonchev–Trinajstić information content (AvgIpc) is 2.79. The standard InChI is InChI=1S/C27H41N3O2/c1-28(2)18-19-32-27-13-9-24(10-14-27)20-29(3)21-25-6-5-16-30(22-25)17-15-23-7-11-26(31-4)12-8-23/h7-14,25H,5-6,15-22H2,1-4H3. The molecule has 3 rings (SSSR count). The summed E-state index contributed by atoms with van der Waals surface area (Å²) in [5.74, 6) is 2.64. The highest BCUT2D eigenvalue weighted by atomic mass is 16.5. The van der Waals surface area contributed by atoms with Crippen LogP contribution in [0.4, 0.5) is 0 Å². The van der Waals surface area contributed by atoms with Gasteiger partial charge in [-0.1, -0.05) is 24.3 Å². The van der Waals surface area contributed by atoms with E-state index in [1.54, 1.807) is 7.11 Å². The van der Waals surface area contributed by atoms with Gasteiger partial charge in [-0.25, -0.2) is 0 Å². The van der Waals surface area contributed by atoms with Crippen molar-refractivity contribution in [2.75, 3.05) is 67.6 Å². The maximum Gasteiger partial charge on any atom is 0.119 e. The summed E-state index contributed by atoms with van der Waals surface area (Å²) in [5, 5.41) is 0. The van der Waals surface area contributed by atoms with E-state index in [1.807, 2.05) is 0 Å². The maximum atomic E-state index is 5.81. The van der Waals surface area contributed by atoms with Gasteiger partial charge in [-0.15, -0.1) is 0 Å². The molecular weight excluding hydrogens is 398 g/mol. The SMILES string of the molecule is COc1ccc(CCN2CCCC(CN(C)Cc3ccc(OCCN(C)C)cc3)C2)cc1. The van der Waals surface area contributed by atoms with Crippen LogP contribution in [0.1, 0.15) is 24.0 Å². The molecule has 1 fully saturated rings. The minimum atomic E-state index is 0.725. The summed E-state index contributed by atoms with van der Waals surface area (Å²) in [4.78, 5) is 7.25. The van der Waals surface area contributed by atoms with Crippen LogP contribution < -0.4 is 9.47 Å². The molecular formula is C27H41N3O2. The maximum absolute atomic E-state index is 5.81. The zero-order valence-electron chi connectivity index (χ0n) is 20.4. The minimum absolute atomic E-state index is 0.725. The average molecular weight is 440 g/mol. The minimum Gasteiger partial charge on any atom is -0.497 e. The second-order valence-electron chi connectivity index (χ2n) is 9.40. The Hall–Kier alpha value is -2.08. The predicted molar refractivity (Wildman–Crippen MR) is 133 cm³/mol. The van der Waals surface area contributed by atoms with E-state index in [0.717, 1.165) is 56.6 Å². The second kappa shape index (κ2) is 12.8. The van der Waals surface area contributed by atoms with Gasteiger partial charge in [-0.2, -0.15) is 0 Å². The molecule has 0 amide bonds. The quantitative estimate of drug-likeness (QED) is 0.498. The Morgan fingerprint density at radius 3 is 2.31 bits per heavy atom. The van der Waals surface area contributed by atoms with Crippen LogP contribution in [0.2, 0.25) is 0 Å². The van der Waals surface area contributed by atoms with E-state index in [9.17, 15) is 0 Å². The summed E-state index contributed by atoms with van der Waals surface area (Å²) in [6, 6.07) is 17.1. The molecule has 2 aromatic rings. The van der Waals surface area contributed by atoms with Gasteiger partial charge in [0, 0.05) is 32.7 Å². The Balaban J connectivity index is 1.39. The first-order valence-corrected chi connectivity index (χ1v) is 11.9. The van der Waals surface area contributed by atoms with Crippen LogP contribution in [-0.4, -0.2) is 82.3 Å². The number of benzene rings is 2. The number of likely N-dealkylation sites (tertiary alicyclic amines) is 1. The fourth-order valence-corrected chi connectivity index (χ4v) is 4.44. The van der Waals surface area contributed by atoms with Crippen LogP contribution in [-0.2, 0) is 13.0 Å². The van der Waals surface area contributed by atoms with Crippen molar-refractivity contribution in [3.8, 4) is 11.5 Å². The van der Waals surface area contributed by atoms with Gasteiger partial charge in [-0.3, -0.25) is 0 Å². The largest absolute Gasteiger partial charge is 0.497 e. The molecule has 1 saturated heterocycles. The number of ether oxygens (including phenoxy) is 2. The van der Waals surface area contributed by atoms with Crippen molar-refractivity contribution in [3.63, 3.8) is 0 Å². The van der Waals surface area contributed by atoms with Crippen molar-refractivity contribution in [1.82, 2.24) is 14.7 Å². The molecule has 0 bridgehead atoms. The zero-order chi connectivity index (χ0) is 22.8. The highest BCUT2D eigenvalue weighted by Crippen LogP contribution is 2.20. The molecule has 2 aromatic carbocycles. The van der Waals surface area contributed by atoms with Gasteiger partial charge in [0.25, 0.3) is 0 Å². The molecule has 5 nitrogen and oxygen atoms in total. The fourth-order valence-electron chi connectivity index (χ4n) is 4.44. The molecule has 0 spiro atoms. The van der Waals surface area contributed by atoms with Crippen molar-refractivity contribution in [3.05, 3.63) is 59.7 Å². The second-order valence-corrected chi connectivity index (χ2v) is 9.40. The fraction of sp³-hybridized carbons (Fsp3) is 0.556. The van der Waals surface area contributed by atoms with E-state index in [4.69, 9.17) is 9.47 Å². The first-order valence-electron chi connectivity index (χ1n) is 11.9. The molecule has 32 heavy (non-hydrogen) atoms. The van der Waals surface area contributed by atoms with Gasteiger partial charge in [0.1, 0.15) is 18.1 Å². The Kier molecular flexibility index (Phi) is 9.85. The molecule has 0 radical (unpaired) electrons. The summed E-state index contributed by atoms with van der Waals surface area (Å²) >= 11 is 0. The van der Waals surface area contributed by atoms with E-state index in [0.29, 0.717) is 0 Å². The van der Waals surface area contributed by atoms with Crippen molar-refractivity contribution in [2.45, 2.75) is 25.8 Å². The molecule has 0 N–H and O–H groups in total. The van der Waals surface area contributed by atoms with E-state index in [-0.39, 0.29) is 0 Å². The zero-order valence-corrected chi connectivity index (χ0v) is 20.4. The number of likely N-dealkylation sites (N-methyl/N-ethyl adjacent to an activating group) is 1.